The molecule has 86 valence electrons. The standard InChI is InChI=1S/C12H16N2O2/c1-2-16-10-5-3-4-9(8-10)14-7-6-11(13)12(14)15/h3-5,8,11H,2,6-7,13H2,1H3. The van der Waals surface area contributed by atoms with E-state index in [1.807, 2.05) is 31.2 Å². The summed E-state index contributed by atoms with van der Waals surface area (Å²) in [4.78, 5) is 13.5. The molecule has 1 aliphatic rings. The van der Waals surface area contributed by atoms with E-state index in [1.54, 1.807) is 4.90 Å². The largest absolute Gasteiger partial charge is 0.494 e. The van der Waals surface area contributed by atoms with Crippen LogP contribution in [0.25, 0.3) is 0 Å². The molecule has 0 saturated carbocycles. The molecule has 2 N–H and O–H groups in total. The molecule has 1 saturated heterocycles. The van der Waals surface area contributed by atoms with E-state index in [-0.39, 0.29) is 11.9 Å². The van der Waals surface area contributed by atoms with Crippen LogP contribution in [0.1, 0.15) is 13.3 Å². The molecule has 1 heterocycles. The molecule has 1 aromatic carbocycles. The molecule has 0 spiro atoms. The van der Waals surface area contributed by atoms with Crippen LogP contribution in [0.4, 0.5) is 5.69 Å². The number of carbonyl (C=O) groups excluding carboxylic acids is 1. The molecule has 0 aromatic heterocycles. The summed E-state index contributed by atoms with van der Waals surface area (Å²) in [5.41, 5.74) is 6.54. The van der Waals surface area contributed by atoms with Gasteiger partial charge in [0.2, 0.25) is 5.91 Å². The van der Waals surface area contributed by atoms with Gasteiger partial charge in [-0.2, -0.15) is 0 Å². The maximum atomic E-state index is 11.7. The number of hydrogen-bond acceptors (Lipinski definition) is 3. The summed E-state index contributed by atoms with van der Waals surface area (Å²) in [6, 6.07) is 7.19. The van der Waals surface area contributed by atoms with Crippen molar-refractivity contribution in [2.45, 2.75) is 19.4 Å². The third-order valence-corrected chi connectivity index (χ3v) is 2.69. The summed E-state index contributed by atoms with van der Waals surface area (Å²) in [7, 11) is 0. The van der Waals surface area contributed by atoms with Crippen molar-refractivity contribution < 1.29 is 9.53 Å². The normalized spacial score (nSPS) is 20.2. The Hall–Kier alpha value is -1.55. The third kappa shape index (κ3) is 2.02. The van der Waals surface area contributed by atoms with Crippen molar-refractivity contribution in [2.75, 3.05) is 18.1 Å². The quantitative estimate of drug-likeness (QED) is 0.831. The lowest BCUT2D eigenvalue weighted by Crippen LogP contribution is -2.33. The Morgan fingerprint density at radius 1 is 1.56 bits per heavy atom. The van der Waals surface area contributed by atoms with Gasteiger partial charge in [-0.25, -0.2) is 0 Å². The van der Waals surface area contributed by atoms with Crippen LogP contribution in [0.5, 0.6) is 5.75 Å². The van der Waals surface area contributed by atoms with Gasteiger partial charge in [-0.3, -0.25) is 4.79 Å². The summed E-state index contributed by atoms with van der Waals surface area (Å²) in [6.07, 6.45) is 0.720. The minimum Gasteiger partial charge on any atom is -0.494 e. The Bertz CT molecular complexity index is 392. The van der Waals surface area contributed by atoms with E-state index in [1.165, 1.54) is 0 Å². The summed E-state index contributed by atoms with van der Waals surface area (Å²) in [5.74, 6) is 0.780. The van der Waals surface area contributed by atoms with Crippen molar-refractivity contribution >= 4 is 11.6 Å². The molecule has 1 aromatic rings. The van der Waals surface area contributed by atoms with Gasteiger partial charge >= 0.3 is 0 Å². The van der Waals surface area contributed by atoms with E-state index >= 15 is 0 Å². The van der Waals surface area contributed by atoms with Gasteiger partial charge in [-0.05, 0) is 25.5 Å². The first kappa shape index (κ1) is 11.0. The average Bonchev–Trinajstić information content (AvgIpc) is 2.61. The molecule has 4 heteroatoms. The van der Waals surface area contributed by atoms with Crippen molar-refractivity contribution in [1.29, 1.82) is 0 Å². The lowest BCUT2D eigenvalue weighted by molar-refractivity contribution is -0.118. The number of amides is 1. The molecular weight excluding hydrogens is 204 g/mol. The number of benzene rings is 1. The molecule has 1 unspecified atom stereocenters. The predicted molar refractivity (Wildman–Crippen MR) is 62.6 cm³/mol. The van der Waals surface area contributed by atoms with E-state index in [0.29, 0.717) is 13.2 Å². The van der Waals surface area contributed by atoms with Crippen LogP contribution >= 0.6 is 0 Å². The van der Waals surface area contributed by atoms with Gasteiger partial charge < -0.3 is 15.4 Å². The minimum absolute atomic E-state index is 0.00588. The fourth-order valence-corrected chi connectivity index (χ4v) is 1.87. The second-order valence-electron chi connectivity index (χ2n) is 3.82. The third-order valence-electron chi connectivity index (χ3n) is 2.69. The fraction of sp³-hybridized carbons (Fsp3) is 0.417. The smallest absolute Gasteiger partial charge is 0.243 e. The molecular formula is C12H16N2O2. The first-order valence-electron chi connectivity index (χ1n) is 5.52. The second kappa shape index (κ2) is 4.53. The van der Waals surface area contributed by atoms with Crippen molar-refractivity contribution in [3.8, 4) is 5.75 Å². The molecule has 1 aliphatic heterocycles. The summed E-state index contributed by atoms with van der Waals surface area (Å²) in [6.45, 7) is 3.25. The van der Waals surface area contributed by atoms with Crippen LogP contribution in [0.2, 0.25) is 0 Å². The lowest BCUT2D eigenvalue weighted by Gasteiger charge is -2.17. The average molecular weight is 220 g/mol. The van der Waals surface area contributed by atoms with E-state index in [2.05, 4.69) is 0 Å². The predicted octanol–water partition coefficient (Wildman–Crippen LogP) is 1.15. The highest BCUT2D eigenvalue weighted by atomic mass is 16.5. The maximum absolute atomic E-state index is 11.7. The van der Waals surface area contributed by atoms with Gasteiger partial charge in [0.1, 0.15) is 5.75 Å². The second-order valence-corrected chi connectivity index (χ2v) is 3.82. The maximum Gasteiger partial charge on any atom is 0.243 e. The van der Waals surface area contributed by atoms with Crippen molar-refractivity contribution in [3.05, 3.63) is 24.3 Å². The number of carbonyl (C=O) groups is 1. The molecule has 1 fully saturated rings. The molecule has 16 heavy (non-hydrogen) atoms. The Morgan fingerprint density at radius 2 is 2.38 bits per heavy atom. The molecule has 1 amide bonds. The Kier molecular flexibility index (Phi) is 3.10. The van der Waals surface area contributed by atoms with Gasteiger partial charge in [-0.15, -0.1) is 0 Å². The first-order valence-corrected chi connectivity index (χ1v) is 5.52. The van der Waals surface area contributed by atoms with Gasteiger partial charge in [0, 0.05) is 18.3 Å². The zero-order valence-corrected chi connectivity index (χ0v) is 9.35. The number of hydrogen-bond donors (Lipinski definition) is 1. The van der Waals surface area contributed by atoms with Gasteiger partial charge in [0.25, 0.3) is 0 Å². The highest BCUT2D eigenvalue weighted by Gasteiger charge is 2.29. The summed E-state index contributed by atoms with van der Waals surface area (Å²) >= 11 is 0. The Balaban J connectivity index is 2.20. The Labute approximate surface area is 95.0 Å². The highest BCUT2D eigenvalue weighted by molar-refractivity contribution is 5.99. The SMILES string of the molecule is CCOc1cccc(N2CCC(N)C2=O)c1. The summed E-state index contributed by atoms with van der Waals surface area (Å²) in [5, 5.41) is 0. The molecule has 0 radical (unpaired) electrons. The monoisotopic (exact) mass is 220 g/mol. The van der Waals surface area contributed by atoms with Crippen molar-refractivity contribution in [1.82, 2.24) is 0 Å². The number of nitrogens with zero attached hydrogens (tertiary/aromatic N) is 1. The van der Waals surface area contributed by atoms with Gasteiger partial charge in [0.15, 0.2) is 0 Å². The first-order chi connectivity index (χ1) is 7.72. The van der Waals surface area contributed by atoms with Gasteiger partial charge in [0.05, 0.1) is 12.6 Å². The molecule has 0 aliphatic carbocycles. The number of ether oxygens (including phenoxy) is 1. The number of anilines is 1. The van der Waals surface area contributed by atoms with Crippen LogP contribution in [-0.4, -0.2) is 25.1 Å². The molecule has 2 rings (SSSR count). The van der Waals surface area contributed by atoms with E-state index < -0.39 is 0 Å². The van der Waals surface area contributed by atoms with Crippen LogP contribution in [0.15, 0.2) is 24.3 Å². The van der Waals surface area contributed by atoms with E-state index in [4.69, 9.17) is 10.5 Å². The van der Waals surface area contributed by atoms with Crippen molar-refractivity contribution in [2.24, 2.45) is 5.73 Å². The Morgan fingerprint density at radius 3 is 3.00 bits per heavy atom. The van der Waals surface area contributed by atoms with Crippen LogP contribution in [0.3, 0.4) is 0 Å². The molecule has 1 atom stereocenters. The zero-order chi connectivity index (χ0) is 11.5. The number of nitrogens with two attached hydrogens (primary N) is 1. The number of rotatable bonds is 3. The molecule has 0 bridgehead atoms. The van der Waals surface area contributed by atoms with Crippen molar-refractivity contribution in [3.63, 3.8) is 0 Å². The van der Waals surface area contributed by atoms with Crippen LogP contribution < -0.4 is 15.4 Å². The summed E-state index contributed by atoms with van der Waals surface area (Å²) < 4.78 is 5.40. The van der Waals surface area contributed by atoms with Gasteiger partial charge in [-0.1, -0.05) is 6.07 Å². The molecule has 4 nitrogen and oxygen atoms in total. The zero-order valence-electron chi connectivity index (χ0n) is 9.35. The lowest BCUT2D eigenvalue weighted by atomic mass is 10.2. The van der Waals surface area contributed by atoms with E-state index in [0.717, 1.165) is 17.9 Å². The topological polar surface area (TPSA) is 55.6 Å². The fourth-order valence-electron chi connectivity index (χ4n) is 1.87. The van der Waals surface area contributed by atoms with E-state index in [9.17, 15) is 4.79 Å². The minimum atomic E-state index is -0.351. The highest BCUT2D eigenvalue weighted by Crippen LogP contribution is 2.24. The van der Waals surface area contributed by atoms with Crippen LogP contribution in [-0.2, 0) is 4.79 Å². The van der Waals surface area contributed by atoms with Crippen LogP contribution in [0, 0.1) is 0 Å².